The highest BCUT2D eigenvalue weighted by atomic mass is 16.4. The van der Waals surface area contributed by atoms with Gasteiger partial charge < -0.3 is 10.0 Å². The van der Waals surface area contributed by atoms with Gasteiger partial charge in [-0.15, -0.1) is 0 Å². The van der Waals surface area contributed by atoms with Crippen molar-refractivity contribution in [2.45, 2.75) is 33.2 Å². The minimum absolute atomic E-state index is 0.162. The number of hydrogen-bond donors (Lipinski definition) is 1. The Balaban J connectivity index is 2.48. The van der Waals surface area contributed by atoms with Crippen LogP contribution in [0.25, 0.3) is 0 Å². The highest BCUT2D eigenvalue weighted by Crippen LogP contribution is 2.08. The van der Waals surface area contributed by atoms with Crippen molar-refractivity contribution < 1.29 is 14.7 Å². The first-order valence-electron chi connectivity index (χ1n) is 7.46. The zero-order valence-electron chi connectivity index (χ0n) is 12.8. The Morgan fingerprint density at radius 3 is 2.35 bits per heavy atom. The third-order valence-corrected chi connectivity index (χ3v) is 4.00. The summed E-state index contributed by atoms with van der Waals surface area (Å²) in [4.78, 5) is 29.1. The van der Waals surface area contributed by atoms with Gasteiger partial charge in [0.2, 0.25) is 5.91 Å². The smallest absolute Gasteiger partial charge is 0.320 e. The van der Waals surface area contributed by atoms with Crippen LogP contribution in [0.15, 0.2) is 0 Å². The summed E-state index contributed by atoms with van der Waals surface area (Å²) < 4.78 is 0. The highest BCUT2D eigenvalue weighted by molar-refractivity contribution is 5.78. The van der Waals surface area contributed by atoms with Crippen LogP contribution in [0.1, 0.15) is 27.2 Å². The fourth-order valence-corrected chi connectivity index (χ4v) is 2.56. The van der Waals surface area contributed by atoms with Crippen LogP contribution >= 0.6 is 0 Å². The molecule has 6 heteroatoms. The van der Waals surface area contributed by atoms with E-state index < -0.39 is 12.0 Å². The van der Waals surface area contributed by atoms with Gasteiger partial charge in [0, 0.05) is 32.7 Å². The van der Waals surface area contributed by atoms with Gasteiger partial charge >= 0.3 is 5.97 Å². The van der Waals surface area contributed by atoms with E-state index in [0.29, 0.717) is 13.1 Å². The molecule has 1 unspecified atom stereocenters. The molecular formula is C14H27N3O3. The summed E-state index contributed by atoms with van der Waals surface area (Å²) in [6.07, 6.45) is 0.906. The molecule has 116 valence electrons. The SMILES string of the molecule is CCN(CC)C(=O)CN1CCCN(C(C)C(=O)O)CC1. The number of likely N-dealkylation sites (N-methyl/N-ethyl adjacent to an activating group) is 1. The molecule has 1 aliphatic rings. The van der Waals surface area contributed by atoms with Gasteiger partial charge in [-0.2, -0.15) is 0 Å². The van der Waals surface area contributed by atoms with Gasteiger partial charge in [-0.25, -0.2) is 0 Å². The highest BCUT2D eigenvalue weighted by Gasteiger charge is 2.24. The third-order valence-electron chi connectivity index (χ3n) is 4.00. The second-order valence-corrected chi connectivity index (χ2v) is 5.25. The first-order chi connectivity index (χ1) is 9.49. The molecule has 20 heavy (non-hydrogen) atoms. The van der Waals surface area contributed by atoms with Crippen LogP contribution < -0.4 is 0 Å². The van der Waals surface area contributed by atoms with E-state index in [-0.39, 0.29) is 5.91 Å². The van der Waals surface area contributed by atoms with Crippen LogP contribution in [0.3, 0.4) is 0 Å². The predicted molar refractivity (Wildman–Crippen MR) is 77.7 cm³/mol. The summed E-state index contributed by atoms with van der Waals surface area (Å²) in [5.41, 5.74) is 0. The Kier molecular flexibility index (Phi) is 6.95. The van der Waals surface area contributed by atoms with E-state index in [1.54, 1.807) is 6.92 Å². The van der Waals surface area contributed by atoms with Crippen molar-refractivity contribution in [2.75, 3.05) is 45.8 Å². The van der Waals surface area contributed by atoms with Crippen molar-refractivity contribution in [3.05, 3.63) is 0 Å². The lowest BCUT2D eigenvalue weighted by Crippen LogP contribution is -2.43. The van der Waals surface area contributed by atoms with E-state index in [1.807, 2.05) is 23.6 Å². The van der Waals surface area contributed by atoms with Crippen molar-refractivity contribution >= 4 is 11.9 Å². The molecule has 0 saturated carbocycles. The van der Waals surface area contributed by atoms with E-state index in [0.717, 1.165) is 39.1 Å². The van der Waals surface area contributed by atoms with Gasteiger partial charge in [-0.1, -0.05) is 0 Å². The van der Waals surface area contributed by atoms with Crippen LogP contribution in [0.4, 0.5) is 0 Å². The summed E-state index contributed by atoms with van der Waals surface area (Å²) in [5.74, 6) is -0.618. The maximum absolute atomic E-state index is 12.1. The molecule has 0 radical (unpaired) electrons. The van der Waals surface area contributed by atoms with Crippen LogP contribution in [-0.2, 0) is 9.59 Å². The Bertz CT molecular complexity index is 332. The molecule has 1 saturated heterocycles. The molecule has 0 aromatic carbocycles. The second kappa shape index (κ2) is 8.21. The number of carboxylic acid groups (broad SMARTS) is 1. The molecule has 0 aromatic heterocycles. The topological polar surface area (TPSA) is 64.1 Å². The summed E-state index contributed by atoms with van der Waals surface area (Å²) in [6, 6.07) is -0.451. The number of amides is 1. The van der Waals surface area contributed by atoms with Gasteiger partial charge in [-0.05, 0) is 33.7 Å². The van der Waals surface area contributed by atoms with E-state index in [1.165, 1.54) is 0 Å². The molecule has 1 amide bonds. The Morgan fingerprint density at radius 2 is 1.80 bits per heavy atom. The monoisotopic (exact) mass is 285 g/mol. The first kappa shape index (κ1) is 16.9. The van der Waals surface area contributed by atoms with E-state index >= 15 is 0 Å². The third kappa shape index (κ3) is 4.76. The average molecular weight is 285 g/mol. The van der Waals surface area contributed by atoms with Gasteiger partial charge in [0.15, 0.2) is 0 Å². The van der Waals surface area contributed by atoms with E-state index in [9.17, 15) is 9.59 Å². The summed E-state index contributed by atoms with van der Waals surface area (Å²) in [7, 11) is 0. The second-order valence-electron chi connectivity index (χ2n) is 5.25. The lowest BCUT2D eigenvalue weighted by molar-refractivity contribution is -0.142. The fourth-order valence-electron chi connectivity index (χ4n) is 2.56. The quantitative estimate of drug-likeness (QED) is 0.762. The van der Waals surface area contributed by atoms with Gasteiger partial charge in [0.25, 0.3) is 0 Å². The fraction of sp³-hybridized carbons (Fsp3) is 0.857. The molecular weight excluding hydrogens is 258 g/mol. The van der Waals surface area contributed by atoms with E-state index in [4.69, 9.17) is 5.11 Å². The van der Waals surface area contributed by atoms with Gasteiger partial charge in [0.1, 0.15) is 6.04 Å². The molecule has 1 fully saturated rings. The number of rotatable bonds is 6. The Labute approximate surface area is 121 Å². The molecule has 6 nitrogen and oxygen atoms in total. The maximum atomic E-state index is 12.1. The van der Waals surface area contributed by atoms with Crippen LogP contribution in [-0.4, -0.2) is 83.5 Å². The lowest BCUT2D eigenvalue weighted by atomic mass is 10.2. The van der Waals surface area contributed by atoms with Crippen molar-refractivity contribution in [3.8, 4) is 0 Å². The molecule has 1 N–H and O–H groups in total. The number of carbonyl (C=O) groups is 2. The first-order valence-corrected chi connectivity index (χ1v) is 7.46. The van der Waals surface area contributed by atoms with Crippen molar-refractivity contribution in [2.24, 2.45) is 0 Å². The number of carbonyl (C=O) groups excluding carboxylic acids is 1. The predicted octanol–water partition coefficient (Wildman–Crippen LogP) is 0.336. The zero-order valence-corrected chi connectivity index (χ0v) is 12.8. The van der Waals surface area contributed by atoms with Gasteiger partial charge in [0.05, 0.1) is 6.54 Å². The van der Waals surface area contributed by atoms with Crippen molar-refractivity contribution in [3.63, 3.8) is 0 Å². The number of nitrogens with zero attached hydrogens (tertiary/aromatic N) is 3. The maximum Gasteiger partial charge on any atom is 0.320 e. The van der Waals surface area contributed by atoms with Crippen molar-refractivity contribution in [1.29, 1.82) is 0 Å². The molecule has 1 heterocycles. The molecule has 0 aromatic rings. The minimum atomic E-state index is -0.780. The van der Waals surface area contributed by atoms with Gasteiger partial charge in [-0.3, -0.25) is 19.4 Å². The molecule has 1 atom stereocenters. The summed E-state index contributed by atoms with van der Waals surface area (Å²) >= 11 is 0. The molecule has 1 aliphatic heterocycles. The molecule has 0 aliphatic carbocycles. The zero-order chi connectivity index (χ0) is 15.1. The van der Waals surface area contributed by atoms with Crippen LogP contribution in [0.2, 0.25) is 0 Å². The van der Waals surface area contributed by atoms with Crippen LogP contribution in [0, 0.1) is 0 Å². The number of carboxylic acids is 1. The standard InChI is InChI=1S/C14H27N3O3/c1-4-16(5-2)13(18)11-15-7-6-8-17(10-9-15)12(3)14(19)20/h12H,4-11H2,1-3H3,(H,19,20). The number of hydrogen-bond acceptors (Lipinski definition) is 4. The number of aliphatic carboxylic acids is 1. The van der Waals surface area contributed by atoms with Crippen molar-refractivity contribution in [1.82, 2.24) is 14.7 Å². The summed E-state index contributed by atoms with van der Waals surface area (Å²) in [6.45, 7) is 10.7. The minimum Gasteiger partial charge on any atom is -0.480 e. The molecule has 1 rings (SSSR count). The average Bonchev–Trinajstić information content (AvgIpc) is 2.64. The normalized spacial score (nSPS) is 19.4. The molecule has 0 bridgehead atoms. The van der Waals surface area contributed by atoms with Crippen LogP contribution in [0.5, 0.6) is 0 Å². The Morgan fingerprint density at radius 1 is 1.15 bits per heavy atom. The summed E-state index contributed by atoms with van der Waals surface area (Å²) in [5, 5.41) is 9.06. The lowest BCUT2D eigenvalue weighted by Gasteiger charge is -2.26. The Hall–Kier alpha value is -1.14. The largest absolute Gasteiger partial charge is 0.480 e. The molecule has 0 spiro atoms. The van der Waals surface area contributed by atoms with E-state index in [2.05, 4.69) is 4.90 Å².